The van der Waals surface area contributed by atoms with Crippen LogP contribution in [0.25, 0.3) is 11.0 Å². The zero-order chi connectivity index (χ0) is 13.2. The quantitative estimate of drug-likeness (QED) is 0.756. The van der Waals surface area contributed by atoms with Gasteiger partial charge in [-0.15, -0.1) is 0 Å². The van der Waals surface area contributed by atoms with Crippen molar-refractivity contribution >= 4 is 11.0 Å². The Bertz CT molecular complexity index is 691. The lowest BCUT2D eigenvalue weighted by Crippen LogP contribution is -2.13. The van der Waals surface area contributed by atoms with Gasteiger partial charge >= 0.3 is 0 Å². The number of imidazole rings is 1. The van der Waals surface area contributed by atoms with Gasteiger partial charge in [-0.25, -0.2) is 9.37 Å². The number of nitrogens with two attached hydrogens (primary N) is 1. The molecule has 4 heteroatoms. The summed E-state index contributed by atoms with van der Waals surface area (Å²) in [6.07, 6.45) is 0.554. The van der Waals surface area contributed by atoms with Crippen molar-refractivity contribution in [3.63, 3.8) is 0 Å². The molecular weight excluding hydrogens is 241 g/mol. The van der Waals surface area contributed by atoms with E-state index in [9.17, 15) is 4.39 Å². The molecule has 0 aliphatic heterocycles. The SMILES string of the molecule is NC(Cc1nc2c(F)cccc2[nH]1)c1ccccc1. The van der Waals surface area contributed by atoms with Gasteiger partial charge in [-0.2, -0.15) is 0 Å². The average Bonchev–Trinajstić information content (AvgIpc) is 2.84. The number of hydrogen-bond donors (Lipinski definition) is 2. The molecule has 0 spiro atoms. The van der Waals surface area contributed by atoms with Crippen LogP contribution in [0.3, 0.4) is 0 Å². The molecule has 1 unspecified atom stereocenters. The second kappa shape index (κ2) is 4.82. The lowest BCUT2D eigenvalue weighted by atomic mass is 10.0. The summed E-state index contributed by atoms with van der Waals surface area (Å²) in [6, 6.07) is 14.5. The zero-order valence-electron chi connectivity index (χ0n) is 10.3. The number of aromatic nitrogens is 2. The predicted octanol–water partition coefficient (Wildman–Crippen LogP) is 2.94. The van der Waals surface area contributed by atoms with Crippen molar-refractivity contribution in [3.05, 3.63) is 65.7 Å². The van der Waals surface area contributed by atoms with Gasteiger partial charge in [-0.05, 0) is 17.7 Å². The van der Waals surface area contributed by atoms with Crippen LogP contribution in [0.1, 0.15) is 17.4 Å². The minimum atomic E-state index is -0.312. The number of para-hydroxylation sites is 1. The van der Waals surface area contributed by atoms with Crippen LogP contribution in [-0.4, -0.2) is 9.97 Å². The first-order valence-electron chi connectivity index (χ1n) is 6.17. The van der Waals surface area contributed by atoms with Crippen molar-refractivity contribution in [1.82, 2.24) is 9.97 Å². The molecule has 0 saturated heterocycles. The van der Waals surface area contributed by atoms with E-state index in [1.807, 2.05) is 36.4 Å². The van der Waals surface area contributed by atoms with Gasteiger partial charge in [0.05, 0.1) is 5.52 Å². The van der Waals surface area contributed by atoms with E-state index < -0.39 is 0 Å². The molecule has 1 aromatic heterocycles. The maximum atomic E-state index is 13.5. The molecule has 0 fully saturated rings. The zero-order valence-corrected chi connectivity index (χ0v) is 10.3. The molecule has 3 aromatic rings. The molecule has 0 radical (unpaired) electrons. The van der Waals surface area contributed by atoms with Crippen LogP contribution >= 0.6 is 0 Å². The molecule has 0 bridgehead atoms. The fourth-order valence-corrected chi connectivity index (χ4v) is 2.17. The number of fused-ring (bicyclic) bond motifs is 1. The molecule has 0 aliphatic rings. The summed E-state index contributed by atoms with van der Waals surface area (Å²) >= 11 is 0. The molecule has 96 valence electrons. The van der Waals surface area contributed by atoms with Crippen molar-refractivity contribution in [1.29, 1.82) is 0 Å². The van der Waals surface area contributed by atoms with Gasteiger partial charge < -0.3 is 10.7 Å². The summed E-state index contributed by atoms with van der Waals surface area (Å²) in [5, 5.41) is 0. The number of H-pyrrole nitrogens is 1. The number of rotatable bonds is 3. The number of halogens is 1. The minimum Gasteiger partial charge on any atom is -0.342 e. The lowest BCUT2D eigenvalue weighted by molar-refractivity contribution is 0.636. The van der Waals surface area contributed by atoms with Crippen LogP contribution in [0, 0.1) is 5.82 Å². The van der Waals surface area contributed by atoms with Gasteiger partial charge in [0.25, 0.3) is 0 Å². The molecular formula is C15H14FN3. The van der Waals surface area contributed by atoms with E-state index >= 15 is 0 Å². The Labute approximate surface area is 110 Å². The molecule has 0 aliphatic carbocycles. The number of nitrogens with one attached hydrogen (secondary N) is 1. The highest BCUT2D eigenvalue weighted by Gasteiger charge is 2.11. The van der Waals surface area contributed by atoms with Gasteiger partial charge in [0.1, 0.15) is 11.3 Å². The highest BCUT2D eigenvalue weighted by Crippen LogP contribution is 2.19. The number of hydrogen-bond acceptors (Lipinski definition) is 2. The molecule has 3 nitrogen and oxygen atoms in total. The van der Waals surface area contributed by atoms with Crippen molar-refractivity contribution in [3.8, 4) is 0 Å². The molecule has 3 N–H and O–H groups in total. The number of aromatic amines is 1. The van der Waals surface area contributed by atoms with Gasteiger partial charge in [0.2, 0.25) is 0 Å². The van der Waals surface area contributed by atoms with Gasteiger partial charge in [-0.3, -0.25) is 0 Å². The Kier molecular flexibility index (Phi) is 3.01. The predicted molar refractivity (Wildman–Crippen MR) is 73.1 cm³/mol. The third-order valence-corrected chi connectivity index (χ3v) is 3.15. The second-order valence-corrected chi connectivity index (χ2v) is 4.54. The standard InChI is InChI=1S/C15H14FN3/c16-11-7-4-8-13-15(11)19-14(18-13)9-12(17)10-5-2-1-3-6-10/h1-8,12H,9,17H2,(H,18,19). The van der Waals surface area contributed by atoms with E-state index in [4.69, 9.17) is 5.73 Å². The smallest absolute Gasteiger partial charge is 0.151 e. The van der Waals surface area contributed by atoms with E-state index in [0.29, 0.717) is 23.3 Å². The van der Waals surface area contributed by atoms with Crippen molar-refractivity contribution in [2.45, 2.75) is 12.5 Å². The first-order chi connectivity index (χ1) is 9.24. The lowest BCUT2D eigenvalue weighted by Gasteiger charge is -2.09. The topological polar surface area (TPSA) is 54.7 Å². The Morgan fingerprint density at radius 2 is 1.89 bits per heavy atom. The van der Waals surface area contributed by atoms with Crippen LogP contribution in [-0.2, 0) is 6.42 Å². The summed E-state index contributed by atoms with van der Waals surface area (Å²) in [7, 11) is 0. The Morgan fingerprint density at radius 1 is 1.11 bits per heavy atom. The normalized spacial score (nSPS) is 12.7. The molecule has 3 rings (SSSR count). The van der Waals surface area contributed by atoms with Crippen molar-refractivity contribution < 1.29 is 4.39 Å². The third kappa shape index (κ3) is 2.35. The molecule has 1 heterocycles. The minimum absolute atomic E-state index is 0.148. The van der Waals surface area contributed by atoms with Crippen molar-refractivity contribution in [2.24, 2.45) is 5.73 Å². The second-order valence-electron chi connectivity index (χ2n) is 4.54. The Morgan fingerprint density at radius 3 is 2.63 bits per heavy atom. The fraction of sp³-hybridized carbons (Fsp3) is 0.133. The van der Waals surface area contributed by atoms with Crippen LogP contribution in [0.15, 0.2) is 48.5 Å². The van der Waals surface area contributed by atoms with Crippen LogP contribution in [0.4, 0.5) is 4.39 Å². The van der Waals surface area contributed by atoms with Gasteiger partial charge in [-0.1, -0.05) is 36.4 Å². The molecule has 0 amide bonds. The molecule has 0 saturated carbocycles. The Hall–Kier alpha value is -2.20. The molecule has 1 atom stereocenters. The fourth-order valence-electron chi connectivity index (χ4n) is 2.17. The van der Waals surface area contributed by atoms with Crippen molar-refractivity contribution in [2.75, 3.05) is 0 Å². The summed E-state index contributed by atoms with van der Waals surface area (Å²) < 4.78 is 13.5. The van der Waals surface area contributed by atoms with E-state index in [1.165, 1.54) is 6.07 Å². The highest BCUT2D eigenvalue weighted by atomic mass is 19.1. The Balaban J connectivity index is 1.88. The summed E-state index contributed by atoms with van der Waals surface area (Å²) in [6.45, 7) is 0. The summed E-state index contributed by atoms with van der Waals surface area (Å²) in [5.74, 6) is 0.393. The maximum Gasteiger partial charge on any atom is 0.151 e. The number of nitrogens with zero attached hydrogens (tertiary/aromatic N) is 1. The molecule has 2 aromatic carbocycles. The average molecular weight is 255 g/mol. The summed E-state index contributed by atoms with van der Waals surface area (Å²) in [4.78, 5) is 7.37. The van der Waals surface area contributed by atoms with Crippen LogP contribution < -0.4 is 5.73 Å². The third-order valence-electron chi connectivity index (χ3n) is 3.15. The van der Waals surface area contributed by atoms with E-state index in [0.717, 1.165) is 5.56 Å². The van der Waals surface area contributed by atoms with Gasteiger partial charge in [0.15, 0.2) is 5.82 Å². The largest absolute Gasteiger partial charge is 0.342 e. The first-order valence-corrected chi connectivity index (χ1v) is 6.17. The summed E-state index contributed by atoms with van der Waals surface area (Å²) in [5.41, 5.74) is 8.25. The van der Waals surface area contributed by atoms with Gasteiger partial charge in [0, 0.05) is 12.5 Å². The monoisotopic (exact) mass is 255 g/mol. The first kappa shape index (κ1) is 11.9. The number of benzene rings is 2. The maximum absolute atomic E-state index is 13.5. The van der Waals surface area contributed by atoms with E-state index in [2.05, 4.69) is 9.97 Å². The van der Waals surface area contributed by atoms with E-state index in [1.54, 1.807) is 6.07 Å². The van der Waals surface area contributed by atoms with E-state index in [-0.39, 0.29) is 11.9 Å². The molecule has 19 heavy (non-hydrogen) atoms. The van der Waals surface area contributed by atoms with Crippen LogP contribution in [0.5, 0.6) is 0 Å². The van der Waals surface area contributed by atoms with Crippen LogP contribution in [0.2, 0.25) is 0 Å². The highest BCUT2D eigenvalue weighted by molar-refractivity contribution is 5.75.